The second-order valence-electron chi connectivity index (χ2n) is 4.43. The number of hydrogen-bond donors (Lipinski definition) is 2. The van der Waals surface area contributed by atoms with Crippen LogP contribution in [-0.4, -0.2) is 36.6 Å². The molecule has 1 heterocycles. The van der Waals surface area contributed by atoms with Crippen LogP contribution in [0.25, 0.3) is 0 Å². The van der Waals surface area contributed by atoms with Gasteiger partial charge < -0.3 is 9.67 Å². The fourth-order valence-corrected chi connectivity index (χ4v) is 2.72. The van der Waals surface area contributed by atoms with Crippen LogP contribution in [-0.2, 0) is 17.1 Å². The minimum atomic E-state index is -4.50. The lowest BCUT2D eigenvalue weighted by molar-refractivity contribution is -0.130. The molecule has 116 valence electrons. The van der Waals surface area contributed by atoms with Crippen molar-refractivity contribution < 1.29 is 26.7 Å². The highest BCUT2D eigenvalue weighted by atomic mass is 32.2. The van der Waals surface area contributed by atoms with Gasteiger partial charge in [-0.3, -0.25) is 0 Å². The molecule has 0 bridgehead atoms. The predicted molar refractivity (Wildman–Crippen MR) is 67.5 cm³/mol. The molecule has 0 saturated heterocycles. The van der Waals surface area contributed by atoms with E-state index in [1.165, 1.54) is 0 Å². The predicted octanol–water partition coefficient (Wildman–Crippen LogP) is 1.32. The topological polar surface area (TPSA) is 71.3 Å². The van der Waals surface area contributed by atoms with Crippen LogP contribution in [0.3, 0.4) is 0 Å². The molecule has 1 unspecified atom stereocenters. The van der Waals surface area contributed by atoms with E-state index in [4.69, 9.17) is 0 Å². The van der Waals surface area contributed by atoms with Gasteiger partial charge in [-0.05, 0) is 18.6 Å². The Morgan fingerprint density at radius 3 is 2.60 bits per heavy atom. The molecular formula is C11H17F3N2O3S. The summed E-state index contributed by atoms with van der Waals surface area (Å²) in [5, 5.41) is 9.81. The number of aryl methyl sites for hydroxylation is 1. The van der Waals surface area contributed by atoms with E-state index in [0.29, 0.717) is 5.69 Å². The number of aromatic nitrogens is 1. The highest BCUT2D eigenvalue weighted by molar-refractivity contribution is 7.89. The fourth-order valence-electron chi connectivity index (χ4n) is 1.64. The van der Waals surface area contributed by atoms with E-state index in [1.807, 2.05) is 4.72 Å². The molecule has 1 atom stereocenters. The van der Waals surface area contributed by atoms with Crippen molar-refractivity contribution in [2.75, 3.05) is 12.3 Å². The summed E-state index contributed by atoms with van der Waals surface area (Å²) >= 11 is 0. The molecule has 0 radical (unpaired) electrons. The van der Waals surface area contributed by atoms with Gasteiger partial charge in [-0.1, -0.05) is 0 Å². The molecule has 0 fully saturated rings. The molecule has 0 aliphatic rings. The number of halogens is 3. The number of hydrogen-bond acceptors (Lipinski definition) is 3. The van der Waals surface area contributed by atoms with E-state index in [0.717, 1.165) is 0 Å². The van der Waals surface area contributed by atoms with Crippen LogP contribution in [0.15, 0.2) is 18.3 Å². The van der Waals surface area contributed by atoms with Gasteiger partial charge in [-0.25, -0.2) is 13.1 Å². The number of aliphatic hydroxyl groups is 1. The molecule has 0 aliphatic heterocycles. The third-order valence-electron chi connectivity index (χ3n) is 2.72. The van der Waals surface area contributed by atoms with Crippen molar-refractivity contribution in [3.8, 4) is 0 Å². The van der Waals surface area contributed by atoms with Crippen LogP contribution in [0.1, 0.15) is 24.6 Å². The molecule has 5 nitrogen and oxygen atoms in total. The molecule has 1 rings (SSSR count). The largest absolute Gasteiger partial charge is 0.390 e. The minimum Gasteiger partial charge on any atom is -0.387 e. The summed E-state index contributed by atoms with van der Waals surface area (Å²) in [5.41, 5.74) is 0.611. The zero-order valence-corrected chi connectivity index (χ0v) is 11.7. The number of rotatable bonds is 7. The minimum absolute atomic E-state index is 0.0864. The molecule has 0 aliphatic carbocycles. The van der Waals surface area contributed by atoms with E-state index >= 15 is 0 Å². The fraction of sp³-hybridized carbons (Fsp3) is 0.636. The number of nitrogens with zero attached hydrogens (tertiary/aromatic N) is 1. The zero-order valence-electron chi connectivity index (χ0n) is 10.9. The van der Waals surface area contributed by atoms with Crippen molar-refractivity contribution in [2.45, 2.75) is 25.1 Å². The lowest BCUT2D eigenvalue weighted by Gasteiger charge is -2.13. The van der Waals surface area contributed by atoms with Crippen molar-refractivity contribution in [1.82, 2.24) is 9.29 Å². The molecule has 0 spiro atoms. The maximum Gasteiger partial charge on any atom is 0.390 e. The van der Waals surface area contributed by atoms with Crippen LogP contribution in [0.4, 0.5) is 13.2 Å². The normalized spacial score (nSPS) is 14.4. The zero-order chi connectivity index (χ0) is 15.4. The first-order valence-electron chi connectivity index (χ1n) is 5.94. The van der Waals surface area contributed by atoms with Gasteiger partial charge in [0.25, 0.3) is 0 Å². The summed E-state index contributed by atoms with van der Waals surface area (Å²) in [6.07, 6.45) is -4.95. The van der Waals surface area contributed by atoms with Crippen LogP contribution < -0.4 is 4.72 Å². The summed E-state index contributed by atoms with van der Waals surface area (Å²) < 4.78 is 62.2. The SMILES string of the molecule is Cn1cccc1C(O)CCNS(=O)(=O)CCC(F)(F)F. The molecule has 20 heavy (non-hydrogen) atoms. The summed E-state index contributed by atoms with van der Waals surface area (Å²) in [5.74, 6) is -1.00. The Kier molecular flexibility index (Phi) is 5.60. The van der Waals surface area contributed by atoms with Gasteiger partial charge in [0.2, 0.25) is 10.0 Å². The molecule has 1 aromatic heterocycles. The number of sulfonamides is 1. The van der Waals surface area contributed by atoms with Crippen molar-refractivity contribution in [1.29, 1.82) is 0 Å². The molecular weight excluding hydrogens is 297 g/mol. The lowest BCUT2D eigenvalue weighted by atomic mass is 10.2. The van der Waals surface area contributed by atoms with E-state index in [1.54, 1.807) is 29.9 Å². The van der Waals surface area contributed by atoms with Crippen molar-refractivity contribution in [3.05, 3.63) is 24.0 Å². The second kappa shape index (κ2) is 6.59. The molecule has 2 N–H and O–H groups in total. The smallest absolute Gasteiger partial charge is 0.387 e. The van der Waals surface area contributed by atoms with E-state index in [2.05, 4.69) is 0 Å². The lowest BCUT2D eigenvalue weighted by Crippen LogP contribution is -2.30. The van der Waals surface area contributed by atoms with E-state index < -0.39 is 34.5 Å². The van der Waals surface area contributed by atoms with Crippen LogP contribution >= 0.6 is 0 Å². The van der Waals surface area contributed by atoms with Gasteiger partial charge in [0.1, 0.15) is 0 Å². The van der Waals surface area contributed by atoms with Crippen molar-refractivity contribution in [3.63, 3.8) is 0 Å². The molecule has 9 heteroatoms. The van der Waals surface area contributed by atoms with Gasteiger partial charge in [0.15, 0.2) is 0 Å². The van der Waals surface area contributed by atoms with E-state index in [9.17, 15) is 26.7 Å². The Bertz CT molecular complexity index is 525. The standard InChI is InChI=1S/C11H17F3N2O3S/c1-16-7-2-3-9(16)10(17)4-6-15-20(18,19)8-5-11(12,13)14/h2-3,7,10,15,17H,4-6,8H2,1H3. The van der Waals surface area contributed by atoms with Gasteiger partial charge in [-0.15, -0.1) is 0 Å². The maximum absolute atomic E-state index is 11.9. The quantitative estimate of drug-likeness (QED) is 0.797. The van der Waals surface area contributed by atoms with Crippen molar-refractivity contribution in [2.24, 2.45) is 7.05 Å². The van der Waals surface area contributed by atoms with Crippen molar-refractivity contribution >= 4 is 10.0 Å². The summed E-state index contributed by atoms with van der Waals surface area (Å²) in [6, 6.07) is 3.41. The van der Waals surface area contributed by atoms with Gasteiger partial charge in [-0.2, -0.15) is 13.2 Å². The average molecular weight is 314 g/mol. The Hall–Kier alpha value is -1.06. The molecule has 0 amide bonds. The molecule has 1 aromatic rings. The Labute approximate surface area is 115 Å². The van der Waals surface area contributed by atoms with Crippen LogP contribution in [0, 0.1) is 0 Å². The number of nitrogens with one attached hydrogen (secondary N) is 1. The highest BCUT2D eigenvalue weighted by Gasteiger charge is 2.29. The number of alkyl halides is 3. The van der Waals surface area contributed by atoms with E-state index in [-0.39, 0.29) is 13.0 Å². The first-order valence-corrected chi connectivity index (χ1v) is 7.59. The molecule has 0 aromatic carbocycles. The highest BCUT2D eigenvalue weighted by Crippen LogP contribution is 2.20. The van der Waals surface area contributed by atoms with Gasteiger partial charge in [0, 0.05) is 25.5 Å². The summed E-state index contributed by atoms with van der Waals surface area (Å²) in [7, 11) is -2.25. The third kappa shape index (κ3) is 5.93. The molecule has 0 saturated carbocycles. The third-order valence-corrected chi connectivity index (χ3v) is 4.10. The van der Waals surface area contributed by atoms with Crippen LogP contribution in [0.2, 0.25) is 0 Å². The summed E-state index contributed by atoms with van der Waals surface area (Å²) in [6.45, 7) is -0.119. The summed E-state index contributed by atoms with van der Waals surface area (Å²) in [4.78, 5) is 0. The Morgan fingerprint density at radius 1 is 1.45 bits per heavy atom. The van der Waals surface area contributed by atoms with Gasteiger partial charge in [0.05, 0.1) is 18.3 Å². The monoisotopic (exact) mass is 314 g/mol. The maximum atomic E-state index is 11.9. The first-order chi connectivity index (χ1) is 9.11. The average Bonchev–Trinajstić information content (AvgIpc) is 2.72. The van der Waals surface area contributed by atoms with Crippen LogP contribution in [0.5, 0.6) is 0 Å². The Balaban J connectivity index is 2.38. The number of aliphatic hydroxyl groups excluding tert-OH is 1. The van der Waals surface area contributed by atoms with Gasteiger partial charge >= 0.3 is 6.18 Å². The second-order valence-corrected chi connectivity index (χ2v) is 6.35. The Morgan fingerprint density at radius 2 is 2.10 bits per heavy atom. The first kappa shape index (κ1) is 17.0.